The number of anilines is 1. The molecule has 1 aromatic rings. The van der Waals surface area contributed by atoms with E-state index in [1.165, 1.54) is 0 Å². The van der Waals surface area contributed by atoms with Crippen LogP contribution >= 0.6 is 11.8 Å². The number of nitrogens with zero attached hydrogens (tertiary/aromatic N) is 1. The van der Waals surface area contributed by atoms with Crippen LogP contribution in [0.5, 0.6) is 0 Å². The number of carboxylic acids is 1. The van der Waals surface area contributed by atoms with Gasteiger partial charge in [0, 0.05) is 24.5 Å². The Kier molecular flexibility index (Phi) is 4.31. The zero-order chi connectivity index (χ0) is 13.8. The molecule has 0 spiro atoms. The van der Waals surface area contributed by atoms with Crippen LogP contribution in [0, 0.1) is 0 Å². The first-order valence-corrected chi connectivity index (χ1v) is 7.43. The van der Waals surface area contributed by atoms with Gasteiger partial charge >= 0.3 is 12.0 Å². The zero-order valence-corrected chi connectivity index (χ0v) is 11.5. The number of amides is 2. The molecule has 2 rings (SSSR count). The second-order valence-electron chi connectivity index (χ2n) is 4.28. The van der Waals surface area contributed by atoms with E-state index >= 15 is 0 Å². The van der Waals surface area contributed by atoms with E-state index < -0.39 is 5.97 Å². The molecule has 19 heavy (non-hydrogen) atoms. The second-order valence-corrected chi connectivity index (χ2v) is 5.26. The largest absolute Gasteiger partial charge is 0.478 e. The highest BCUT2D eigenvalue weighted by Crippen LogP contribution is 2.29. The summed E-state index contributed by atoms with van der Waals surface area (Å²) in [6.45, 7) is 1.22. The van der Waals surface area contributed by atoms with Gasteiger partial charge in [-0.1, -0.05) is 6.07 Å². The molecule has 0 saturated heterocycles. The Hall–Kier alpha value is -1.69. The molecule has 1 heterocycles. The monoisotopic (exact) mass is 280 g/mol. The van der Waals surface area contributed by atoms with Crippen LogP contribution in [0.1, 0.15) is 15.9 Å². The fourth-order valence-corrected chi connectivity index (χ4v) is 2.38. The summed E-state index contributed by atoms with van der Waals surface area (Å²) in [5.41, 5.74) is 1.94. The first-order valence-electron chi connectivity index (χ1n) is 6.04. The summed E-state index contributed by atoms with van der Waals surface area (Å²) in [6.07, 6.45) is 2.75. The Balaban J connectivity index is 2.13. The number of hydrogen-bond acceptors (Lipinski definition) is 3. The number of carboxylic acid groups (broad SMARTS) is 1. The van der Waals surface area contributed by atoms with Crippen LogP contribution in [0.2, 0.25) is 0 Å². The summed E-state index contributed by atoms with van der Waals surface area (Å²) in [5, 5.41) is 11.8. The molecule has 0 aliphatic carbocycles. The Labute approximate surface area is 116 Å². The Morgan fingerprint density at radius 1 is 1.47 bits per heavy atom. The van der Waals surface area contributed by atoms with E-state index in [0.29, 0.717) is 18.8 Å². The molecular formula is C13H16N2O3S. The number of rotatable bonds is 4. The quantitative estimate of drug-likeness (QED) is 0.825. The number of hydrogen-bond donors (Lipinski definition) is 2. The first kappa shape index (κ1) is 13.7. The fourth-order valence-electron chi connectivity index (χ4n) is 2.08. The van der Waals surface area contributed by atoms with Crippen molar-refractivity contribution in [2.45, 2.75) is 6.42 Å². The van der Waals surface area contributed by atoms with Crippen molar-refractivity contribution in [3.63, 3.8) is 0 Å². The maximum Gasteiger partial charge on any atom is 0.335 e. The lowest BCUT2D eigenvalue weighted by Crippen LogP contribution is -2.39. The van der Waals surface area contributed by atoms with Crippen LogP contribution in [-0.4, -0.2) is 42.2 Å². The lowest BCUT2D eigenvalue weighted by molar-refractivity contribution is 0.0697. The number of thioether (sulfide) groups is 1. The highest BCUT2D eigenvalue weighted by molar-refractivity contribution is 7.98. The number of urea groups is 1. The standard InChI is InChI=1S/C13H16N2O3S/c1-19-7-5-14-13(18)15-6-4-9-2-3-10(12(16)17)8-11(9)15/h2-3,8H,4-7H2,1H3,(H,14,18)(H,16,17). The lowest BCUT2D eigenvalue weighted by atomic mass is 10.1. The molecule has 0 radical (unpaired) electrons. The summed E-state index contributed by atoms with van der Waals surface area (Å²) < 4.78 is 0. The molecule has 0 bridgehead atoms. The number of fused-ring (bicyclic) bond motifs is 1. The van der Waals surface area contributed by atoms with E-state index in [0.717, 1.165) is 17.7 Å². The van der Waals surface area contributed by atoms with E-state index in [1.54, 1.807) is 34.9 Å². The molecule has 0 unspecified atom stereocenters. The third-order valence-electron chi connectivity index (χ3n) is 3.06. The summed E-state index contributed by atoms with van der Waals surface area (Å²) in [5.74, 6) is -0.112. The van der Waals surface area contributed by atoms with Gasteiger partial charge in [0.1, 0.15) is 0 Å². The van der Waals surface area contributed by atoms with Gasteiger partial charge in [0.15, 0.2) is 0 Å². The number of aromatic carboxylic acids is 1. The van der Waals surface area contributed by atoms with Gasteiger partial charge in [-0.15, -0.1) is 0 Å². The molecule has 2 amide bonds. The van der Waals surface area contributed by atoms with Gasteiger partial charge in [-0.3, -0.25) is 4.90 Å². The number of carbonyl (C=O) groups is 2. The molecule has 1 aliphatic rings. The van der Waals surface area contributed by atoms with Gasteiger partial charge in [-0.05, 0) is 30.4 Å². The smallest absolute Gasteiger partial charge is 0.335 e. The molecule has 0 saturated carbocycles. The summed E-state index contributed by atoms with van der Waals surface area (Å²) in [6, 6.07) is 4.78. The molecule has 1 aromatic carbocycles. The third-order valence-corrected chi connectivity index (χ3v) is 3.67. The molecule has 6 heteroatoms. The minimum atomic E-state index is -0.975. The number of nitrogens with one attached hydrogen (secondary N) is 1. The Morgan fingerprint density at radius 2 is 2.26 bits per heavy atom. The van der Waals surface area contributed by atoms with Crippen LogP contribution < -0.4 is 10.2 Å². The molecule has 5 nitrogen and oxygen atoms in total. The van der Waals surface area contributed by atoms with E-state index in [9.17, 15) is 9.59 Å². The molecule has 0 fully saturated rings. The predicted octanol–water partition coefficient (Wildman–Crippen LogP) is 1.82. The first-order chi connectivity index (χ1) is 9.13. The van der Waals surface area contributed by atoms with Crippen molar-refractivity contribution in [1.29, 1.82) is 0 Å². The van der Waals surface area contributed by atoms with Crippen molar-refractivity contribution >= 4 is 29.4 Å². The highest BCUT2D eigenvalue weighted by Gasteiger charge is 2.25. The van der Waals surface area contributed by atoms with E-state index in [2.05, 4.69) is 5.32 Å². The van der Waals surface area contributed by atoms with Gasteiger partial charge in [-0.25, -0.2) is 9.59 Å². The average Bonchev–Trinajstić information content (AvgIpc) is 2.81. The van der Waals surface area contributed by atoms with Crippen LogP contribution in [-0.2, 0) is 6.42 Å². The van der Waals surface area contributed by atoms with Crippen molar-refractivity contribution in [3.05, 3.63) is 29.3 Å². The van der Waals surface area contributed by atoms with Crippen LogP contribution in [0.15, 0.2) is 18.2 Å². The van der Waals surface area contributed by atoms with Crippen molar-refractivity contribution in [3.8, 4) is 0 Å². The summed E-state index contributed by atoms with van der Waals surface area (Å²) >= 11 is 1.67. The molecule has 0 atom stereocenters. The van der Waals surface area contributed by atoms with E-state index in [1.807, 2.05) is 6.26 Å². The topological polar surface area (TPSA) is 69.6 Å². The number of carbonyl (C=O) groups excluding carboxylic acids is 1. The van der Waals surface area contributed by atoms with Gasteiger partial charge in [0.05, 0.1) is 5.56 Å². The van der Waals surface area contributed by atoms with Crippen molar-refractivity contribution in [1.82, 2.24) is 5.32 Å². The maximum atomic E-state index is 12.0. The second kappa shape index (κ2) is 5.97. The van der Waals surface area contributed by atoms with E-state index in [4.69, 9.17) is 5.11 Å². The average molecular weight is 280 g/mol. The van der Waals surface area contributed by atoms with Gasteiger partial charge in [-0.2, -0.15) is 11.8 Å². The molecule has 2 N–H and O–H groups in total. The van der Waals surface area contributed by atoms with Gasteiger partial charge < -0.3 is 10.4 Å². The van der Waals surface area contributed by atoms with Gasteiger partial charge in [0.25, 0.3) is 0 Å². The minimum Gasteiger partial charge on any atom is -0.478 e. The molecule has 0 aromatic heterocycles. The zero-order valence-electron chi connectivity index (χ0n) is 10.7. The number of benzene rings is 1. The maximum absolute atomic E-state index is 12.0. The van der Waals surface area contributed by atoms with Crippen molar-refractivity contribution in [2.24, 2.45) is 0 Å². The van der Waals surface area contributed by atoms with E-state index in [-0.39, 0.29) is 11.6 Å². The third kappa shape index (κ3) is 3.01. The predicted molar refractivity (Wildman–Crippen MR) is 76.2 cm³/mol. The Morgan fingerprint density at radius 3 is 2.95 bits per heavy atom. The highest BCUT2D eigenvalue weighted by atomic mass is 32.2. The normalized spacial score (nSPS) is 13.2. The van der Waals surface area contributed by atoms with Crippen LogP contribution in [0.4, 0.5) is 10.5 Å². The van der Waals surface area contributed by atoms with Crippen molar-refractivity contribution < 1.29 is 14.7 Å². The van der Waals surface area contributed by atoms with Crippen LogP contribution in [0.3, 0.4) is 0 Å². The SMILES string of the molecule is CSCCNC(=O)N1CCc2ccc(C(=O)O)cc21. The van der Waals surface area contributed by atoms with Gasteiger partial charge in [0.2, 0.25) is 0 Å². The molecular weight excluding hydrogens is 264 g/mol. The summed E-state index contributed by atoms with van der Waals surface area (Å²) in [7, 11) is 0. The van der Waals surface area contributed by atoms with Crippen LogP contribution in [0.25, 0.3) is 0 Å². The minimum absolute atomic E-state index is 0.157. The summed E-state index contributed by atoms with van der Waals surface area (Å²) in [4.78, 5) is 24.6. The Bertz CT molecular complexity index is 505. The van der Waals surface area contributed by atoms with Crippen molar-refractivity contribution in [2.75, 3.05) is 30.0 Å². The molecule has 1 aliphatic heterocycles. The lowest BCUT2D eigenvalue weighted by Gasteiger charge is -2.18. The molecule has 102 valence electrons. The fraction of sp³-hybridized carbons (Fsp3) is 0.385.